The molecule has 0 aliphatic carbocycles. The number of benzene rings is 2. The Morgan fingerprint density at radius 2 is 1.10 bits per heavy atom. The van der Waals surface area contributed by atoms with Gasteiger partial charge < -0.3 is 11.5 Å². The van der Waals surface area contributed by atoms with Gasteiger partial charge in [-0.3, -0.25) is 9.59 Å². The van der Waals surface area contributed by atoms with E-state index >= 15 is 0 Å². The number of carbonyl (C=O) groups is 2. The van der Waals surface area contributed by atoms with Crippen LogP contribution in [0.1, 0.15) is 83.5 Å². The Morgan fingerprint density at radius 3 is 1.39 bits per heavy atom. The fourth-order valence-electron chi connectivity index (χ4n) is 3.94. The number of amides is 1. The van der Waals surface area contributed by atoms with Crippen molar-refractivity contribution in [1.82, 2.24) is 0 Å². The summed E-state index contributed by atoms with van der Waals surface area (Å²) in [4.78, 5) is 27.2. The fourth-order valence-corrected chi connectivity index (χ4v) is 5.99. The standard InChI is InChI=1S/C15H21N3O3S.C14H17ClO3S/c1-5-9(3)11-7-10(6-2)12(14(19)18-15(16)17)8-13(11)22(4,20)21;1-5-9(3)11-7-10(6-2)12(14(15)16)8-13(11)19(4,17)18/h7-8H,3,5-6H2,1-2,4H3,(H4,16,17,18,19);7-8H,3,5-6H2,1-2,4H3. The highest BCUT2D eigenvalue weighted by atomic mass is 35.5. The van der Waals surface area contributed by atoms with Crippen molar-refractivity contribution in [3.05, 3.63) is 70.8 Å². The number of nitrogens with two attached hydrogens (primary N) is 2. The number of allylic oxidation sites excluding steroid dienone is 2. The zero-order chi connectivity index (χ0) is 31.9. The monoisotopic (exact) mass is 623 g/mol. The number of guanidine groups is 1. The second-order valence-corrected chi connectivity index (χ2v) is 13.6. The summed E-state index contributed by atoms with van der Waals surface area (Å²) >= 11 is 5.52. The largest absolute Gasteiger partial charge is 0.370 e. The number of halogens is 1. The van der Waals surface area contributed by atoms with Crippen LogP contribution in [0, 0.1) is 0 Å². The molecule has 0 bridgehead atoms. The summed E-state index contributed by atoms with van der Waals surface area (Å²) in [5.74, 6) is -1.02. The summed E-state index contributed by atoms with van der Waals surface area (Å²) in [6, 6.07) is 6.08. The van der Waals surface area contributed by atoms with Crippen LogP contribution in [0.3, 0.4) is 0 Å². The van der Waals surface area contributed by atoms with E-state index in [0.29, 0.717) is 47.9 Å². The Hall–Kier alpha value is -3.28. The molecule has 12 heteroatoms. The lowest BCUT2D eigenvalue weighted by atomic mass is 9.97. The van der Waals surface area contributed by atoms with Crippen molar-refractivity contribution in [3.8, 4) is 0 Å². The lowest BCUT2D eigenvalue weighted by molar-refractivity contribution is 0.100. The first kappa shape index (κ1) is 35.7. The highest BCUT2D eigenvalue weighted by Crippen LogP contribution is 2.30. The molecule has 0 heterocycles. The zero-order valence-corrected chi connectivity index (χ0v) is 26.7. The van der Waals surface area contributed by atoms with Gasteiger partial charge in [-0.15, -0.1) is 0 Å². The van der Waals surface area contributed by atoms with Gasteiger partial charge in [0, 0.05) is 23.6 Å². The van der Waals surface area contributed by atoms with Crippen LogP contribution in [0.4, 0.5) is 0 Å². The van der Waals surface area contributed by atoms with E-state index in [0.717, 1.165) is 23.6 Å². The summed E-state index contributed by atoms with van der Waals surface area (Å²) in [5, 5.41) is -0.643. The Balaban J connectivity index is 0.000000414. The minimum Gasteiger partial charge on any atom is -0.370 e. The predicted octanol–water partition coefficient (Wildman–Crippen LogP) is 4.94. The molecule has 0 spiro atoms. The third-order valence-electron chi connectivity index (χ3n) is 6.26. The third kappa shape index (κ3) is 9.37. The molecular formula is C29H38ClN3O6S2. The highest BCUT2D eigenvalue weighted by Gasteiger charge is 2.22. The summed E-state index contributed by atoms with van der Waals surface area (Å²) in [6.45, 7) is 15.3. The van der Waals surface area contributed by atoms with Crippen LogP contribution in [-0.4, -0.2) is 46.5 Å². The maximum absolute atomic E-state index is 12.1. The van der Waals surface area contributed by atoms with Crippen LogP contribution < -0.4 is 11.5 Å². The molecule has 0 fully saturated rings. The second-order valence-electron chi connectivity index (χ2n) is 9.29. The van der Waals surface area contributed by atoms with Gasteiger partial charge in [-0.05, 0) is 94.9 Å². The molecule has 0 atom stereocenters. The van der Waals surface area contributed by atoms with Gasteiger partial charge in [0.2, 0.25) is 0 Å². The van der Waals surface area contributed by atoms with Crippen molar-refractivity contribution in [1.29, 1.82) is 0 Å². The van der Waals surface area contributed by atoms with Crippen molar-refractivity contribution >= 4 is 59.5 Å². The zero-order valence-electron chi connectivity index (χ0n) is 24.3. The number of aryl methyl sites for hydroxylation is 2. The first-order valence-corrected chi connectivity index (χ1v) is 16.9. The summed E-state index contributed by atoms with van der Waals surface area (Å²) in [5.41, 5.74) is 14.8. The van der Waals surface area contributed by atoms with Crippen molar-refractivity contribution in [2.45, 2.75) is 63.2 Å². The van der Waals surface area contributed by atoms with E-state index in [4.69, 9.17) is 23.1 Å². The number of carbonyl (C=O) groups excluding carboxylic acids is 2. The second kappa shape index (κ2) is 14.6. The topological polar surface area (TPSA) is 167 Å². The normalized spacial score (nSPS) is 11.2. The Kier molecular flexibility index (Phi) is 12.7. The van der Waals surface area contributed by atoms with Gasteiger partial charge in [-0.1, -0.05) is 40.9 Å². The van der Waals surface area contributed by atoms with Gasteiger partial charge in [-0.2, -0.15) is 4.99 Å². The van der Waals surface area contributed by atoms with Crippen LogP contribution in [0.15, 0.2) is 52.2 Å². The minimum atomic E-state index is -3.52. The number of aliphatic imine (C=N–C) groups is 1. The quantitative estimate of drug-likeness (QED) is 0.213. The van der Waals surface area contributed by atoms with Gasteiger partial charge in [0.25, 0.3) is 11.1 Å². The SMILES string of the molecule is C=C(CC)c1cc(CC)c(C(=O)Cl)cc1S(C)(=O)=O.C=C(CC)c1cc(CC)c(C(=O)N=C(N)N)cc1S(C)(=O)=O. The van der Waals surface area contributed by atoms with Crippen molar-refractivity contribution in [2.24, 2.45) is 16.5 Å². The van der Waals surface area contributed by atoms with Crippen LogP contribution >= 0.6 is 11.6 Å². The van der Waals surface area contributed by atoms with Crippen LogP contribution in [0.2, 0.25) is 0 Å². The molecule has 2 aromatic carbocycles. The lowest BCUT2D eigenvalue weighted by Crippen LogP contribution is -2.24. The van der Waals surface area contributed by atoms with Crippen LogP contribution in [0.25, 0.3) is 11.1 Å². The molecule has 224 valence electrons. The fraction of sp³-hybridized carbons (Fsp3) is 0.345. The average Bonchev–Trinajstić information content (AvgIpc) is 2.89. The van der Waals surface area contributed by atoms with Crippen LogP contribution in [-0.2, 0) is 32.5 Å². The van der Waals surface area contributed by atoms with Crippen LogP contribution in [0.5, 0.6) is 0 Å². The van der Waals surface area contributed by atoms with Crippen molar-refractivity contribution < 1.29 is 26.4 Å². The van der Waals surface area contributed by atoms with E-state index in [9.17, 15) is 26.4 Å². The minimum absolute atomic E-state index is 0.0608. The maximum Gasteiger partial charge on any atom is 0.280 e. The summed E-state index contributed by atoms with van der Waals surface area (Å²) in [6.07, 6.45) is 4.59. The molecule has 41 heavy (non-hydrogen) atoms. The average molecular weight is 624 g/mol. The van der Waals surface area contributed by atoms with Gasteiger partial charge in [0.15, 0.2) is 25.6 Å². The van der Waals surface area contributed by atoms with Gasteiger partial charge >= 0.3 is 0 Å². The van der Waals surface area contributed by atoms with E-state index in [1.54, 1.807) is 12.1 Å². The highest BCUT2D eigenvalue weighted by molar-refractivity contribution is 7.91. The number of hydrogen-bond acceptors (Lipinski definition) is 6. The summed E-state index contributed by atoms with van der Waals surface area (Å²) in [7, 11) is -6.96. The molecule has 0 saturated carbocycles. The molecule has 0 aromatic heterocycles. The maximum atomic E-state index is 12.1. The van der Waals surface area contributed by atoms with E-state index in [1.165, 1.54) is 12.1 Å². The van der Waals surface area contributed by atoms with E-state index in [2.05, 4.69) is 18.2 Å². The molecule has 0 radical (unpaired) electrons. The Morgan fingerprint density at radius 1 is 0.732 bits per heavy atom. The smallest absolute Gasteiger partial charge is 0.280 e. The predicted molar refractivity (Wildman–Crippen MR) is 167 cm³/mol. The summed E-state index contributed by atoms with van der Waals surface area (Å²) < 4.78 is 47.8. The first-order valence-electron chi connectivity index (χ1n) is 12.8. The van der Waals surface area contributed by atoms with Crippen molar-refractivity contribution in [3.63, 3.8) is 0 Å². The molecule has 0 aliphatic rings. The number of rotatable bonds is 10. The van der Waals surface area contributed by atoms with E-state index < -0.39 is 30.8 Å². The molecule has 0 unspecified atom stereocenters. The number of sulfone groups is 2. The number of nitrogens with zero attached hydrogens (tertiary/aromatic N) is 1. The van der Waals surface area contributed by atoms with Crippen molar-refractivity contribution in [2.75, 3.05) is 12.5 Å². The molecule has 0 aliphatic heterocycles. The van der Waals surface area contributed by atoms with E-state index in [1.807, 2.05) is 27.7 Å². The molecule has 9 nitrogen and oxygen atoms in total. The first-order chi connectivity index (χ1) is 18.8. The third-order valence-corrected chi connectivity index (χ3v) is 8.74. The molecule has 2 aromatic rings. The van der Waals surface area contributed by atoms with E-state index in [-0.39, 0.29) is 26.9 Å². The molecule has 2 rings (SSSR count). The number of hydrogen-bond donors (Lipinski definition) is 2. The van der Waals surface area contributed by atoms with Gasteiger partial charge in [0.05, 0.1) is 9.79 Å². The Bertz CT molecular complexity index is 1620. The molecule has 4 N–H and O–H groups in total. The van der Waals surface area contributed by atoms with Gasteiger partial charge in [0.1, 0.15) is 0 Å². The Labute approximate surface area is 248 Å². The lowest BCUT2D eigenvalue weighted by Gasteiger charge is -2.14. The van der Waals surface area contributed by atoms with Gasteiger partial charge in [-0.25, -0.2) is 16.8 Å². The molecule has 1 amide bonds. The molecular weight excluding hydrogens is 586 g/mol. The molecule has 0 saturated heterocycles.